The van der Waals surface area contributed by atoms with E-state index in [0.717, 1.165) is 6.42 Å². The summed E-state index contributed by atoms with van der Waals surface area (Å²) in [4.78, 5) is 46.1. The lowest BCUT2D eigenvalue weighted by Gasteiger charge is -2.13. The average Bonchev–Trinajstić information content (AvgIpc) is 2.62. The van der Waals surface area contributed by atoms with Gasteiger partial charge in [-0.05, 0) is 19.8 Å². The molecule has 3 N–H and O–H groups in total. The van der Waals surface area contributed by atoms with Gasteiger partial charge in [0.15, 0.2) is 5.78 Å². The normalized spacial score (nSPS) is 11.5. The van der Waals surface area contributed by atoms with Gasteiger partial charge in [0.1, 0.15) is 6.42 Å². The number of ketones is 1. The lowest BCUT2D eigenvalue weighted by molar-refractivity contribution is -0.132. The Hall–Kier alpha value is -2.00. The van der Waals surface area contributed by atoms with Crippen LogP contribution in [0.1, 0.15) is 46.5 Å². The first-order chi connectivity index (χ1) is 12.9. The topological polar surface area (TPSA) is 123 Å². The molecule has 3 amide bonds. The lowest BCUT2D eigenvalue weighted by Crippen LogP contribution is -2.41. The molecule has 1 unspecified atom stereocenters. The zero-order chi connectivity index (χ0) is 20.5. The molecule has 0 saturated carbocycles. The van der Waals surface area contributed by atoms with E-state index < -0.39 is 17.9 Å². The van der Waals surface area contributed by atoms with Crippen molar-refractivity contribution in [2.45, 2.75) is 52.5 Å². The van der Waals surface area contributed by atoms with Crippen LogP contribution < -0.4 is 16.0 Å². The second-order valence-corrected chi connectivity index (χ2v) is 5.99. The Morgan fingerprint density at radius 2 is 1.41 bits per heavy atom. The van der Waals surface area contributed by atoms with Gasteiger partial charge in [0.25, 0.3) is 0 Å². The third kappa shape index (κ3) is 14.8. The van der Waals surface area contributed by atoms with Gasteiger partial charge in [-0.3, -0.25) is 19.2 Å². The van der Waals surface area contributed by atoms with Gasteiger partial charge < -0.3 is 25.4 Å². The number of rotatable bonds is 16. The van der Waals surface area contributed by atoms with Crippen molar-refractivity contribution in [3.8, 4) is 0 Å². The number of carbonyl (C=O) groups is 4. The van der Waals surface area contributed by atoms with Crippen LogP contribution in [0, 0.1) is 0 Å². The summed E-state index contributed by atoms with van der Waals surface area (Å²) in [6.45, 7) is 7.57. The molecule has 0 aliphatic heterocycles. The van der Waals surface area contributed by atoms with E-state index >= 15 is 0 Å². The first-order valence-electron chi connectivity index (χ1n) is 9.39. The van der Waals surface area contributed by atoms with Crippen LogP contribution in [-0.4, -0.2) is 69.1 Å². The first kappa shape index (κ1) is 25.0. The summed E-state index contributed by atoms with van der Waals surface area (Å²) in [5, 5.41) is 7.78. The Labute approximate surface area is 160 Å². The van der Waals surface area contributed by atoms with Gasteiger partial charge in [-0.15, -0.1) is 0 Å². The maximum atomic E-state index is 11.7. The molecular weight excluding hydrogens is 354 g/mol. The molecule has 9 nitrogen and oxygen atoms in total. The highest BCUT2D eigenvalue weighted by Gasteiger charge is 2.16. The third-order valence-electron chi connectivity index (χ3n) is 3.51. The molecule has 0 aliphatic carbocycles. The van der Waals surface area contributed by atoms with Gasteiger partial charge in [0.05, 0.1) is 25.9 Å². The van der Waals surface area contributed by atoms with Crippen LogP contribution >= 0.6 is 0 Å². The summed E-state index contributed by atoms with van der Waals surface area (Å²) < 4.78 is 10.5. The van der Waals surface area contributed by atoms with Gasteiger partial charge >= 0.3 is 0 Å². The predicted octanol–water partition coefficient (Wildman–Crippen LogP) is -0.0740. The van der Waals surface area contributed by atoms with Crippen molar-refractivity contribution < 1.29 is 28.7 Å². The Kier molecular flexibility index (Phi) is 15.0. The number of nitrogens with one attached hydrogen (secondary N) is 3. The molecule has 9 heteroatoms. The van der Waals surface area contributed by atoms with E-state index in [0.29, 0.717) is 26.2 Å². The summed E-state index contributed by atoms with van der Waals surface area (Å²) in [5.41, 5.74) is 0. The van der Waals surface area contributed by atoms with Crippen LogP contribution in [0.5, 0.6) is 0 Å². The van der Waals surface area contributed by atoms with E-state index in [2.05, 4.69) is 16.0 Å². The average molecular weight is 387 g/mol. The molecule has 0 rings (SSSR count). The van der Waals surface area contributed by atoms with Gasteiger partial charge in [-0.25, -0.2) is 0 Å². The second kappa shape index (κ2) is 16.2. The van der Waals surface area contributed by atoms with Crippen molar-refractivity contribution >= 4 is 23.5 Å². The zero-order valence-corrected chi connectivity index (χ0v) is 16.6. The zero-order valence-electron chi connectivity index (χ0n) is 16.6. The summed E-state index contributed by atoms with van der Waals surface area (Å²) in [7, 11) is 0. The molecule has 0 heterocycles. The largest absolute Gasteiger partial charge is 0.380 e. The van der Waals surface area contributed by atoms with Crippen LogP contribution in [-0.2, 0) is 28.7 Å². The predicted molar refractivity (Wildman–Crippen MR) is 100 cm³/mol. The molecule has 0 spiro atoms. The SMILES string of the molecule is CCCOCCNC(=O)CCOCCNC(=O)CC(=O)NC(CC)C(C)=O. The monoisotopic (exact) mass is 387 g/mol. The summed E-state index contributed by atoms with van der Waals surface area (Å²) >= 11 is 0. The minimum Gasteiger partial charge on any atom is -0.380 e. The van der Waals surface area contributed by atoms with E-state index in [4.69, 9.17) is 9.47 Å². The van der Waals surface area contributed by atoms with Crippen molar-refractivity contribution in [1.29, 1.82) is 0 Å². The number of Topliss-reactive ketones (excluding diaryl/α,β-unsaturated/α-hetero) is 1. The summed E-state index contributed by atoms with van der Waals surface area (Å²) in [6, 6.07) is -0.557. The highest BCUT2D eigenvalue weighted by molar-refractivity contribution is 5.98. The van der Waals surface area contributed by atoms with E-state index in [1.165, 1.54) is 6.92 Å². The fourth-order valence-electron chi connectivity index (χ4n) is 2.07. The van der Waals surface area contributed by atoms with Crippen LogP contribution in [0.3, 0.4) is 0 Å². The maximum absolute atomic E-state index is 11.7. The molecule has 0 fully saturated rings. The number of amides is 3. The maximum Gasteiger partial charge on any atom is 0.230 e. The standard InChI is InChI=1S/C18H33N3O6/c1-4-9-26-11-7-19-16(23)6-10-27-12-8-20-17(24)13-18(25)21-15(5-2)14(3)22/h15H,4-13H2,1-3H3,(H,19,23)(H,20,24)(H,21,25). The Bertz CT molecular complexity index is 470. The molecule has 1 atom stereocenters. The molecule has 0 saturated heterocycles. The summed E-state index contributed by atoms with van der Waals surface area (Å²) in [5.74, 6) is -1.20. The third-order valence-corrected chi connectivity index (χ3v) is 3.51. The van der Waals surface area contributed by atoms with Crippen molar-refractivity contribution in [2.24, 2.45) is 0 Å². The molecule has 0 aromatic rings. The van der Waals surface area contributed by atoms with Crippen LogP contribution in [0.4, 0.5) is 0 Å². The fourth-order valence-corrected chi connectivity index (χ4v) is 2.07. The number of carbonyl (C=O) groups excluding carboxylic acids is 4. The lowest BCUT2D eigenvalue weighted by atomic mass is 10.1. The Balaban J connectivity index is 3.63. The van der Waals surface area contributed by atoms with E-state index in [1.807, 2.05) is 6.92 Å². The molecule has 0 radical (unpaired) electrons. The highest BCUT2D eigenvalue weighted by Crippen LogP contribution is 1.94. The number of hydrogen-bond donors (Lipinski definition) is 3. The summed E-state index contributed by atoms with van der Waals surface area (Å²) in [6.07, 6.45) is 1.32. The molecule has 0 aromatic heterocycles. The van der Waals surface area contributed by atoms with Gasteiger partial charge in [-0.1, -0.05) is 13.8 Å². The molecular formula is C18H33N3O6. The van der Waals surface area contributed by atoms with Crippen molar-refractivity contribution in [1.82, 2.24) is 16.0 Å². The van der Waals surface area contributed by atoms with Crippen LogP contribution in [0.25, 0.3) is 0 Å². The van der Waals surface area contributed by atoms with Crippen molar-refractivity contribution in [3.63, 3.8) is 0 Å². The second-order valence-electron chi connectivity index (χ2n) is 5.99. The van der Waals surface area contributed by atoms with Crippen LogP contribution in [0.15, 0.2) is 0 Å². The van der Waals surface area contributed by atoms with Gasteiger partial charge in [-0.2, -0.15) is 0 Å². The first-order valence-corrected chi connectivity index (χ1v) is 9.39. The van der Waals surface area contributed by atoms with Crippen molar-refractivity contribution in [3.05, 3.63) is 0 Å². The fraction of sp³-hybridized carbons (Fsp3) is 0.778. The van der Waals surface area contributed by atoms with E-state index in [-0.39, 0.29) is 44.3 Å². The number of ether oxygens (including phenoxy) is 2. The van der Waals surface area contributed by atoms with Gasteiger partial charge in [0, 0.05) is 26.1 Å². The van der Waals surface area contributed by atoms with E-state index in [9.17, 15) is 19.2 Å². The van der Waals surface area contributed by atoms with Gasteiger partial charge in [0.2, 0.25) is 17.7 Å². The molecule has 0 aromatic carbocycles. The smallest absolute Gasteiger partial charge is 0.230 e. The molecule has 156 valence electrons. The highest BCUT2D eigenvalue weighted by atomic mass is 16.5. The molecule has 27 heavy (non-hydrogen) atoms. The Morgan fingerprint density at radius 3 is 1.96 bits per heavy atom. The molecule has 0 bridgehead atoms. The number of hydrogen-bond acceptors (Lipinski definition) is 6. The minimum absolute atomic E-state index is 0.119. The van der Waals surface area contributed by atoms with Crippen LogP contribution in [0.2, 0.25) is 0 Å². The minimum atomic E-state index is -0.557. The van der Waals surface area contributed by atoms with E-state index in [1.54, 1.807) is 6.92 Å². The van der Waals surface area contributed by atoms with Crippen molar-refractivity contribution in [2.75, 3.05) is 39.5 Å². The Morgan fingerprint density at radius 1 is 0.815 bits per heavy atom. The quantitative estimate of drug-likeness (QED) is 0.252. The molecule has 0 aliphatic rings.